The average Bonchev–Trinajstić information content (AvgIpc) is 3.42. The molecule has 0 saturated carbocycles. The molecule has 0 rings (SSSR count). The van der Waals surface area contributed by atoms with E-state index in [1.54, 1.807) is 6.08 Å². The van der Waals surface area contributed by atoms with Crippen LogP contribution in [0, 0.1) is 0 Å². The van der Waals surface area contributed by atoms with Crippen molar-refractivity contribution in [2.24, 2.45) is 0 Å². The van der Waals surface area contributed by atoms with Gasteiger partial charge in [0.05, 0.1) is 25.4 Å². The lowest BCUT2D eigenvalue weighted by molar-refractivity contribution is -0.143. The highest BCUT2D eigenvalue weighted by molar-refractivity contribution is 5.76. The van der Waals surface area contributed by atoms with Crippen LogP contribution in [0.3, 0.4) is 0 Å². The van der Waals surface area contributed by atoms with Gasteiger partial charge in [-0.15, -0.1) is 0 Å². The minimum absolute atomic E-state index is 0.0138. The molecule has 6 heteroatoms. The monoisotopic (exact) mass is 1070 g/mol. The lowest BCUT2D eigenvalue weighted by Crippen LogP contribution is -2.45. The minimum atomic E-state index is -0.838. The summed E-state index contributed by atoms with van der Waals surface area (Å²) in [5.41, 5.74) is 0. The normalized spacial score (nSPS) is 12.7. The predicted octanol–water partition coefficient (Wildman–Crippen LogP) is 21.9. The molecule has 0 aromatic carbocycles. The SMILES string of the molecule is CCCCC/C=C\C/C=C\CCCCCCCCCC(=O)OCCCCCCCCCCCCCCCCCCCCCCCCCCCCCCCCCCCC(=O)NC(CO)C(O)/C=C/CCCCCCCCC. The Kier molecular flexibility index (Phi) is 63.9. The van der Waals surface area contributed by atoms with Crippen LogP contribution in [0.5, 0.6) is 0 Å². The van der Waals surface area contributed by atoms with Gasteiger partial charge in [-0.2, -0.15) is 0 Å². The van der Waals surface area contributed by atoms with Gasteiger partial charge in [0.15, 0.2) is 0 Å². The number of nitrogens with one attached hydrogen (secondary N) is 1. The standard InChI is InChI=1S/C70H133NO5/c1-3-5-7-9-11-13-14-15-16-34-38-41-44-48-52-56-60-64-70(75)76-65-61-57-53-49-45-42-39-36-33-31-29-27-25-23-21-19-17-18-20-22-24-26-28-30-32-35-37-40-43-47-51-55-59-63-69(74)71-67(66-72)68(73)62-58-54-50-46-12-10-8-6-4-2/h11,13,15-16,58,62,67-68,72-73H,3-10,12,14,17-57,59-61,63-66H2,1-2H3,(H,71,74)/b13-11-,16-15-,62-58+. The van der Waals surface area contributed by atoms with Gasteiger partial charge in [0.2, 0.25) is 5.91 Å². The molecule has 3 N–H and O–H groups in total. The number of ether oxygens (including phenoxy) is 1. The molecule has 0 aliphatic carbocycles. The third-order valence-corrected chi connectivity index (χ3v) is 15.9. The van der Waals surface area contributed by atoms with E-state index in [0.717, 1.165) is 51.4 Å². The summed E-state index contributed by atoms with van der Waals surface area (Å²) in [5.74, 6) is -0.0510. The molecule has 0 bridgehead atoms. The number of allylic oxidation sites excluding steroid dienone is 5. The Hall–Kier alpha value is -1.92. The first-order valence-corrected chi connectivity index (χ1v) is 34.3. The molecular formula is C70H133NO5. The van der Waals surface area contributed by atoms with Crippen LogP contribution in [0.15, 0.2) is 36.5 Å². The third kappa shape index (κ3) is 61.3. The zero-order valence-electron chi connectivity index (χ0n) is 51.3. The smallest absolute Gasteiger partial charge is 0.305 e. The van der Waals surface area contributed by atoms with Gasteiger partial charge in [0.1, 0.15) is 0 Å². The highest BCUT2D eigenvalue weighted by Crippen LogP contribution is 2.18. The molecule has 0 aliphatic rings. The van der Waals surface area contributed by atoms with Gasteiger partial charge in [-0.05, 0) is 64.2 Å². The molecule has 448 valence electrons. The lowest BCUT2D eigenvalue weighted by Gasteiger charge is -2.20. The van der Waals surface area contributed by atoms with Crippen molar-refractivity contribution in [1.29, 1.82) is 0 Å². The van der Waals surface area contributed by atoms with Crippen LogP contribution in [-0.2, 0) is 14.3 Å². The first kappa shape index (κ1) is 74.1. The van der Waals surface area contributed by atoms with Crippen molar-refractivity contribution in [2.45, 2.75) is 386 Å². The second-order valence-electron chi connectivity index (χ2n) is 23.5. The molecule has 0 radical (unpaired) electrons. The minimum Gasteiger partial charge on any atom is -0.466 e. The van der Waals surface area contributed by atoms with Crippen molar-refractivity contribution in [3.63, 3.8) is 0 Å². The van der Waals surface area contributed by atoms with Crippen LogP contribution < -0.4 is 5.32 Å². The van der Waals surface area contributed by atoms with Crippen molar-refractivity contribution in [1.82, 2.24) is 5.32 Å². The summed E-state index contributed by atoms with van der Waals surface area (Å²) >= 11 is 0. The third-order valence-electron chi connectivity index (χ3n) is 15.9. The maximum atomic E-state index is 12.4. The number of esters is 1. The lowest BCUT2D eigenvalue weighted by atomic mass is 10.0. The zero-order chi connectivity index (χ0) is 55.0. The Bertz CT molecular complexity index is 1230. The number of aliphatic hydroxyl groups is 2. The molecule has 0 fully saturated rings. The zero-order valence-corrected chi connectivity index (χ0v) is 51.3. The molecular weight excluding hydrogens is 935 g/mol. The van der Waals surface area contributed by atoms with E-state index >= 15 is 0 Å². The summed E-state index contributed by atoms with van der Waals surface area (Å²) in [6.45, 7) is 4.87. The molecule has 0 spiro atoms. The van der Waals surface area contributed by atoms with Crippen LogP contribution in [0.1, 0.15) is 373 Å². The second-order valence-corrected chi connectivity index (χ2v) is 23.5. The van der Waals surface area contributed by atoms with Crippen LogP contribution >= 0.6 is 0 Å². The molecule has 0 aromatic heterocycles. The van der Waals surface area contributed by atoms with E-state index in [9.17, 15) is 19.8 Å². The van der Waals surface area contributed by atoms with E-state index in [4.69, 9.17) is 4.74 Å². The quantitative estimate of drug-likeness (QED) is 0.0320. The number of hydrogen-bond acceptors (Lipinski definition) is 5. The highest BCUT2D eigenvalue weighted by atomic mass is 16.5. The van der Waals surface area contributed by atoms with Crippen molar-refractivity contribution in [3.8, 4) is 0 Å². The van der Waals surface area contributed by atoms with Crippen LogP contribution in [0.4, 0.5) is 0 Å². The van der Waals surface area contributed by atoms with Gasteiger partial charge in [0, 0.05) is 12.8 Å². The second kappa shape index (κ2) is 65.6. The average molecular weight is 1070 g/mol. The Morgan fingerprint density at radius 2 is 0.658 bits per heavy atom. The number of carbonyl (C=O) groups excluding carboxylic acids is 2. The fourth-order valence-corrected chi connectivity index (χ4v) is 10.7. The van der Waals surface area contributed by atoms with Crippen molar-refractivity contribution in [3.05, 3.63) is 36.5 Å². The molecule has 1 amide bonds. The Balaban J connectivity index is 3.29. The molecule has 6 nitrogen and oxygen atoms in total. The summed E-state index contributed by atoms with van der Waals surface area (Å²) < 4.78 is 5.50. The van der Waals surface area contributed by atoms with Gasteiger partial charge in [0.25, 0.3) is 0 Å². The molecule has 0 saturated heterocycles. The summed E-state index contributed by atoms with van der Waals surface area (Å²) in [7, 11) is 0. The molecule has 76 heavy (non-hydrogen) atoms. The fourth-order valence-electron chi connectivity index (χ4n) is 10.7. The summed E-state index contributed by atoms with van der Waals surface area (Å²) in [5, 5.41) is 23.0. The van der Waals surface area contributed by atoms with Crippen LogP contribution in [0.25, 0.3) is 0 Å². The summed E-state index contributed by atoms with van der Waals surface area (Å²) in [6.07, 6.45) is 83.8. The Morgan fingerprint density at radius 3 is 1.03 bits per heavy atom. The van der Waals surface area contributed by atoms with E-state index in [0.29, 0.717) is 19.4 Å². The number of carbonyl (C=O) groups is 2. The molecule has 2 unspecified atom stereocenters. The maximum Gasteiger partial charge on any atom is 0.305 e. The van der Waals surface area contributed by atoms with Gasteiger partial charge < -0.3 is 20.3 Å². The maximum absolute atomic E-state index is 12.4. The number of unbranched alkanes of at least 4 members (excludes halogenated alkanes) is 49. The van der Waals surface area contributed by atoms with Crippen molar-refractivity contribution >= 4 is 11.9 Å². The number of rotatable bonds is 64. The summed E-state index contributed by atoms with van der Waals surface area (Å²) in [6, 6.07) is -0.622. The topological polar surface area (TPSA) is 95.9 Å². The Morgan fingerprint density at radius 1 is 0.368 bits per heavy atom. The van der Waals surface area contributed by atoms with Crippen molar-refractivity contribution < 1.29 is 24.5 Å². The molecule has 0 aliphatic heterocycles. The van der Waals surface area contributed by atoms with Gasteiger partial charge >= 0.3 is 5.97 Å². The van der Waals surface area contributed by atoms with E-state index in [2.05, 4.69) is 43.5 Å². The summed E-state index contributed by atoms with van der Waals surface area (Å²) in [4.78, 5) is 24.5. The fraction of sp³-hybridized carbons (Fsp3) is 0.886. The van der Waals surface area contributed by atoms with E-state index in [1.807, 2.05) is 6.08 Å². The first-order valence-electron chi connectivity index (χ1n) is 34.3. The largest absolute Gasteiger partial charge is 0.466 e. The van der Waals surface area contributed by atoms with E-state index in [1.165, 1.54) is 295 Å². The first-order chi connectivity index (χ1) is 37.5. The van der Waals surface area contributed by atoms with Crippen LogP contribution in [-0.4, -0.2) is 47.4 Å². The van der Waals surface area contributed by atoms with Gasteiger partial charge in [-0.1, -0.05) is 333 Å². The molecule has 0 aromatic rings. The number of hydrogen-bond donors (Lipinski definition) is 3. The van der Waals surface area contributed by atoms with E-state index < -0.39 is 12.1 Å². The van der Waals surface area contributed by atoms with Gasteiger partial charge in [-0.25, -0.2) is 0 Å². The van der Waals surface area contributed by atoms with Crippen molar-refractivity contribution in [2.75, 3.05) is 13.2 Å². The van der Waals surface area contributed by atoms with Crippen LogP contribution in [0.2, 0.25) is 0 Å². The molecule has 0 heterocycles. The number of aliphatic hydroxyl groups excluding tert-OH is 2. The Labute approximate surface area is 474 Å². The van der Waals surface area contributed by atoms with Gasteiger partial charge in [-0.3, -0.25) is 9.59 Å². The number of amides is 1. The molecule has 2 atom stereocenters. The predicted molar refractivity (Wildman–Crippen MR) is 333 cm³/mol. The van der Waals surface area contributed by atoms with E-state index in [-0.39, 0.29) is 18.5 Å². The highest BCUT2D eigenvalue weighted by Gasteiger charge is 2.18.